The zero-order valence-electron chi connectivity index (χ0n) is 8.13. The van der Waals surface area contributed by atoms with Crippen molar-refractivity contribution in [3.63, 3.8) is 0 Å². The van der Waals surface area contributed by atoms with Crippen molar-refractivity contribution in [1.82, 2.24) is 9.97 Å². The van der Waals surface area contributed by atoms with Gasteiger partial charge in [-0.15, -0.1) is 0 Å². The number of nitrogens with zero attached hydrogens (tertiary/aromatic N) is 1. The molecule has 0 bridgehead atoms. The van der Waals surface area contributed by atoms with Gasteiger partial charge in [-0.2, -0.15) is 0 Å². The molecule has 0 aliphatic rings. The molecule has 1 heterocycles. The smallest absolute Gasteiger partial charge is 0.137 e. The van der Waals surface area contributed by atoms with E-state index in [1.165, 1.54) is 0 Å². The molecule has 0 spiro atoms. The molecular formula is C9H7BrN2. The third-order valence-corrected chi connectivity index (χ3v) is 2.00. The van der Waals surface area contributed by atoms with Crippen LogP contribution in [0.3, 0.4) is 0 Å². The van der Waals surface area contributed by atoms with E-state index in [4.69, 9.17) is 2.74 Å². The lowest BCUT2D eigenvalue weighted by Crippen LogP contribution is -1.78. The Labute approximate surface area is 81.6 Å². The second-order valence-electron chi connectivity index (χ2n) is 2.33. The minimum absolute atomic E-state index is 0.0278. The van der Waals surface area contributed by atoms with Crippen molar-refractivity contribution in [2.24, 2.45) is 0 Å². The first-order chi connectivity index (χ1) is 6.66. The number of halogens is 1. The van der Waals surface area contributed by atoms with Crippen molar-refractivity contribution in [3.8, 4) is 11.4 Å². The van der Waals surface area contributed by atoms with Gasteiger partial charge in [0.25, 0.3) is 0 Å². The fourth-order valence-electron chi connectivity index (χ4n) is 0.971. The van der Waals surface area contributed by atoms with Crippen LogP contribution in [0.25, 0.3) is 11.4 Å². The van der Waals surface area contributed by atoms with Gasteiger partial charge in [0.15, 0.2) is 0 Å². The largest absolute Gasteiger partial charge is 0.345 e. The second-order valence-corrected chi connectivity index (χ2v) is 3.25. The molecule has 0 saturated heterocycles. The number of hydrogen-bond acceptors (Lipinski definition) is 1. The molecule has 1 N–H and O–H groups in total. The van der Waals surface area contributed by atoms with E-state index in [1.807, 2.05) is 24.3 Å². The van der Waals surface area contributed by atoms with Gasteiger partial charge in [-0.05, 0) is 12.1 Å². The average Bonchev–Trinajstić information content (AvgIpc) is 2.47. The van der Waals surface area contributed by atoms with Crippen LogP contribution in [0.5, 0.6) is 0 Å². The van der Waals surface area contributed by atoms with E-state index in [2.05, 4.69) is 25.9 Å². The van der Waals surface area contributed by atoms with Gasteiger partial charge in [-0.1, -0.05) is 28.1 Å². The van der Waals surface area contributed by atoms with Crippen LogP contribution >= 0.6 is 15.9 Å². The van der Waals surface area contributed by atoms with Crippen molar-refractivity contribution >= 4 is 15.9 Å². The summed E-state index contributed by atoms with van der Waals surface area (Å²) in [4.78, 5) is 6.66. The van der Waals surface area contributed by atoms with Gasteiger partial charge < -0.3 is 4.98 Å². The first-order valence-corrected chi connectivity index (χ1v) is 4.25. The summed E-state index contributed by atoms with van der Waals surface area (Å²) < 4.78 is 15.6. The molecule has 0 amide bonds. The van der Waals surface area contributed by atoms with Gasteiger partial charge in [0.1, 0.15) is 5.82 Å². The van der Waals surface area contributed by atoms with Crippen LogP contribution in [0.1, 0.15) is 2.74 Å². The summed E-state index contributed by atoms with van der Waals surface area (Å²) in [6.45, 7) is 0. The molecule has 0 aliphatic heterocycles. The minimum Gasteiger partial charge on any atom is -0.345 e. The number of rotatable bonds is 1. The summed E-state index contributed by atoms with van der Waals surface area (Å²) in [5, 5.41) is 0. The Balaban J connectivity index is 2.49. The average molecular weight is 225 g/mol. The maximum absolute atomic E-state index is 7.33. The quantitative estimate of drug-likeness (QED) is 0.794. The minimum atomic E-state index is -0.0278. The Bertz CT molecular complexity index is 448. The Morgan fingerprint density at radius 2 is 2.42 bits per heavy atom. The number of imidazole rings is 1. The molecule has 2 rings (SSSR count). The number of aromatic nitrogens is 2. The molecule has 2 aromatic rings. The molecule has 0 atom stereocenters. The molecule has 0 radical (unpaired) electrons. The highest BCUT2D eigenvalue weighted by molar-refractivity contribution is 9.10. The van der Waals surface area contributed by atoms with Crippen molar-refractivity contribution in [1.29, 1.82) is 0 Å². The normalized spacial score (nSPS) is 12.4. The number of H-pyrrole nitrogens is 1. The predicted octanol–water partition coefficient (Wildman–Crippen LogP) is 2.84. The van der Waals surface area contributed by atoms with E-state index >= 15 is 0 Å². The number of aromatic amines is 1. The predicted molar refractivity (Wildman–Crippen MR) is 51.7 cm³/mol. The Morgan fingerprint density at radius 3 is 3.08 bits per heavy atom. The van der Waals surface area contributed by atoms with Crippen LogP contribution in [0.15, 0.2) is 41.1 Å². The number of hydrogen-bond donors (Lipinski definition) is 1. The zero-order valence-corrected chi connectivity index (χ0v) is 7.72. The molecular weight excluding hydrogens is 216 g/mol. The highest BCUT2D eigenvalue weighted by atomic mass is 79.9. The first kappa shape index (κ1) is 5.54. The summed E-state index contributed by atoms with van der Waals surface area (Å²) >= 11 is 3.35. The Kier molecular flexibility index (Phi) is 1.43. The lowest BCUT2D eigenvalue weighted by atomic mass is 10.2. The number of benzene rings is 1. The summed E-state index contributed by atoms with van der Waals surface area (Å²) in [5.74, 6) is 0.557. The van der Waals surface area contributed by atoms with Gasteiger partial charge in [0, 0.05) is 22.4 Å². The third kappa shape index (κ3) is 1.41. The molecule has 0 aliphatic carbocycles. The van der Waals surface area contributed by atoms with Crippen LogP contribution in [0.4, 0.5) is 0 Å². The van der Waals surface area contributed by atoms with E-state index in [9.17, 15) is 0 Å². The topological polar surface area (TPSA) is 28.7 Å². The van der Waals surface area contributed by atoms with Crippen molar-refractivity contribution < 1.29 is 2.74 Å². The molecule has 0 unspecified atom stereocenters. The summed E-state index contributed by atoms with van der Waals surface area (Å²) in [6.07, 6.45) is 0.0138. The van der Waals surface area contributed by atoms with Gasteiger partial charge >= 0.3 is 0 Å². The highest BCUT2D eigenvalue weighted by Crippen LogP contribution is 2.18. The molecule has 3 heteroatoms. The van der Waals surface area contributed by atoms with Crippen molar-refractivity contribution in [2.45, 2.75) is 0 Å². The van der Waals surface area contributed by atoms with Crippen LogP contribution in [-0.4, -0.2) is 9.97 Å². The van der Waals surface area contributed by atoms with Gasteiger partial charge in [-0.25, -0.2) is 4.98 Å². The van der Waals surface area contributed by atoms with Crippen LogP contribution in [0, 0.1) is 0 Å². The molecule has 12 heavy (non-hydrogen) atoms. The third-order valence-electron chi connectivity index (χ3n) is 1.50. The zero-order chi connectivity index (χ0) is 10.1. The monoisotopic (exact) mass is 224 g/mol. The summed E-state index contributed by atoms with van der Waals surface area (Å²) in [6, 6.07) is 7.56. The van der Waals surface area contributed by atoms with Crippen molar-refractivity contribution in [2.75, 3.05) is 0 Å². The highest BCUT2D eigenvalue weighted by Gasteiger charge is 1.98. The van der Waals surface area contributed by atoms with Gasteiger partial charge in [0.2, 0.25) is 0 Å². The van der Waals surface area contributed by atoms with E-state index in [0.717, 1.165) is 10.0 Å². The molecule has 1 aromatic heterocycles. The van der Waals surface area contributed by atoms with Crippen molar-refractivity contribution in [3.05, 3.63) is 41.1 Å². The molecule has 1 aromatic carbocycles. The van der Waals surface area contributed by atoms with E-state index in [1.54, 1.807) is 0 Å². The first-order valence-electron chi connectivity index (χ1n) is 4.46. The standard InChI is InChI=1S/C9H7BrN2/c10-8-3-1-2-7(6-8)9-11-4-5-12-9/h1-6H,(H,11,12)/i4D,5D. The molecule has 2 nitrogen and oxygen atoms in total. The van der Waals surface area contributed by atoms with E-state index in [0.29, 0.717) is 5.82 Å². The van der Waals surface area contributed by atoms with Crippen LogP contribution in [0.2, 0.25) is 0 Å². The molecule has 60 valence electrons. The lowest BCUT2D eigenvalue weighted by molar-refractivity contribution is 1.31. The Hall–Kier alpha value is -1.09. The maximum atomic E-state index is 7.33. The fraction of sp³-hybridized carbons (Fsp3) is 0. The lowest BCUT2D eigenvalue weighted by Gasteiger charge is -1.95. The Morgan fingerprint density at radius 1 is 1.50 bits per heavy atom. The van der Waals surface area contributed by atoms with Crippen LogP contribution < -0.4 is 0 Å². The van der Waals surface area contributed by atoms with Gasteiger partial charge in [-0.3, -0.25) is 0 Å². The van der Waals surface area contributed by atoms with E-state index < -0.39 is 0 Å². The fourth-order valence-corrected chi connectivity index (χ4v) is 1.37. The second kappa shape index (κ2) is 3.11. The molecule has 0 saturated carbocycles. The number of nitrogens with one attached hydrogen (secondary N) is 1. The maximum Gasteiger partial charge on any atom is 0.137 e. The summed E-state index contributed by atoms with van der Waals surface area (Å²) in [7, 11) is 0. The summed E-state index contributed by atoms with van der Waals surface area (Å²) in [5.41, 5.74) is 0.867. The van der Waals surface area contributed by atoms with E-state index in [-0.39, 0.29) is 12.3 Å². The van der Waals surface area contributed by atoms with Gasteiger partial charge in [0.05, 0.1) is 2.74 Å². The molecule has 0 fully saturated rings. The van der Waals surface area contributed by atoms with Crippen LogP contribution in [-0.2, 0) is 0 Å². The SMILES string of the molecule is [2H]c1nc(-c2cccc(Br)c2)[nH]c1[2H].